The summed E-state index contributed by atoms with van der Waals surface area (Å²) in [5.41, 5.74) is 7.41. The topological polar surface area (TPSA) is 71.1 Å². The summed E-state index contributed by atoms with van der Waals surface area (Å²) in [6, 6.07) is 6.43. The molecule has 0 saturated carbocycles. The van der Waals surface area contributed by atoms with Gasteiger partial charge in [-0.15, -0.1) is 0 Å². The highest BCUT2D eigenvalue weighted by Gasteiger charge is 2.20. The fraction of sp³-hybridized carbons (Fsp3) is 0.500. The van der Waals surface area contributed by atoms with E-state index in [0.717, 1.165) is 13.1 Å². The summed E-state index contributed by atoms with van der Waals surface area (Å²) in [6.07, 6.45) is 2.53. The molecule has 0 aliphatic carbocycles. The van der Waals surface area contributed by atoms with Crippen LogP contribution in [0.5, 0.6) is 5.75 Å². The molecule has 1 heterocycles. The van der Waals surface area contributed by atoms with Crippen molar-refractivity contribution in [1.82, 2.24) is 4.90 Å². The Balaban J connectivity index is 2.19. The van der Waals surface area contributed by atoms with Crippen molar-refractivity contribution in [3.8, 4) is 5.75 Å². The molecule has 2 rings (SSSR count). The lowest BCUT2D eigenvalue weighted by molar-refractivity contribution is 0.260. The lowest BCUT2D eigenvalue weighted by Crippen LogP contribution is -2.26. The third kappa shape index (κ3) is 2.98. The first-order chi connectivity index (χ1) is 9.15. The van der Waals surface area contributed by atoms with Gasteiger partial charge in [0.1, 0.15) is 5.75 Å². The van der Waals surface area contributed by atoms with Gasteiger partial charge in [0.05, 0.1) is 12.7 Å². The molecule has 1 aromatic carbocycles. The molecule has 3 N–H and O–H groups in total. The number of benzene rings is 1. The number of ether oxygens (including phenoxy) is 1. The maximum Gasteiger partial charge on any atom is 0.173 e. The van der Waals surface area contributed by atoms with Crippen molar-refractivity contribution in [3.63, 3.8) is 0 Å². The highest BCUT2D eigenvalue weighted by Crippen LogP contribution is 2.24. The molecule has 1 unspecified atom stereocenters. The molecule has 0 radical (unpaired) electrons. The number of methoxy groups -OCH3 is 1. The number of hydrogen-bond donors (Lipinski definition) is 2. The van der Waals surface area contributed by atoms with Crippen molar-refractivity contribution in [2.75, 3.05) is 13.7 Å². The Morgan fingerprint density at radius 1 is 1.58 bits per heavy atom. The fourth-order valence-electron chi connectivity index (χ4n) is 2.56. The van der Waals surface area contributed by atoms with Gasteiger partial charge in [0.2, 0.25) is 0 Å². The molecule has 1 aliphatic rings. The summed E-state index contributed by atoms with van der Waals surface area (Å²) in [5.74, 6) is 0.706. The van der Waals surface area contributed by atoms with E-state index in [0.29, 0.717) is 17.4 Å². The summed E-state index contributed by atoms with van der Waals surface area (Å²) in [5, 5.41) is 11.8. The maximum atomic E-state index is 8.74. The van der Waals surface area contributed by atoms with Crippen LogP contribution < -0.4 is 10.5 Å². The smallest absolute Gasteiger partial charge is 0.173 e. The fourth-order valence-corrected chi connectivity index (χ4v) is 2.56. The summed E-state index contributed by atoms with van der Waals surface area (Å²) >= 11 is 0. The number of rotatable bonds is 4. The van der Waals surface area contributed by atoms with Crippen LogP contribution in [-0.2, 0) is 6.54 Å². The minimum Gasteiger partial charge on any atom is -0.496 e. The average molecular weight is 263 g/mol. The molecule has 0 aromatic heterocycles. The van der Waals surface area contributed by atoms with Crippen LogP contribution in [0.3, 0.4) is 0 Å². The Morgan fingerprint density at radius 2 is 2.37 bits per heavy atom. The normalized spacial score (nSPS) is 20.7. The Bertz CT molecular complexity index is 474. The van der Waals surface area contributed by atoms with Crippen molar-refractivity contribution < 1.29 is 9.94 Å². The Labute approximate surface area is 113 Å². The first kappa shape index (κ1) is 13.7. The third-order valence-electron chi connectivity index (χ3n) is 3.73. The van der Waals surface area contributed by atoms with Crippen LogP contribution >= 0.6 is 0 Å². The van der Waals surface area contributed by atoms with Gasteiger partial charge in [0.15, 0.2) is 5.84 Å². The number of likely N-dealkylation sites (tertiary alicyclic amines) is 1. The summed E-state index contributed by atoms with van der Waals surface area (Å²) in [7, 11) is 1.59. The molecule has 5 nitrogen and oxygen atoms in total. The van der Waals surface area contributed by atoms with Gasteiger partial charge < -0.3 is 15.7 Å². The summed E-state index contributed by atoms with van der Waals surface area (Å²) in [4.78, 5) is 2.46. The molecule has 1 aliphatic heterocycles. The highest BCUT2D eigenvalue weighted by atomic mass is 16.5. The van der Waals surface area contributed by atoms with Crippen LogP contribution in [0.1, 0.15) is 30.9 Å². The zero-order valence-corrected chi connectivity index (χ0v) is 11.5. The van der Waals surface area contributed by atoms with E-state index in [1.807, 2.05) is 18.2 Å². The molecule has 5 heteroatoms. The number of hydrogen-bond acceptors (Lipinski definition) is 4. The Morgan fingerprint density at radius 3 is 2.95 bits per heavy atom. The molecule has 1 saturated heterocycles. The van der Waals surface area contributed by atoms with Crippen molar-refractivity contribution in [3.05, 3.63) is 29.3 Å². The van der Waals surface area contributed by atoms with E-state index >= 15 is 0 Å². The minimum absolute atomic E-state index is 0.0675. The van der Waals surface area contributed by atoms with E-state index in [9.17, 15) is 0 Å². The molecule has 0 spiro atoms. The van der Waals surface area contributed by atoms with Crippen molar-refractivity contribution in [1.29, 1.82) is 0 Å². The van der Waals surface area contributed by atoms with Crippen molar-refractivity contribution in [2.45, 2.75) is 32.4 Å². The zero-order chi connectivity index (χ0) is 13.8. The van der Waals surface area contributed by atoms with Crippen LogP contribution in [0.2, 0.25) is 0 Å². The van der Waals surface area contributed by atoms with Crippen molar-refractivity contribution >= 4 is 5.84 Å². The van der Waals surface area contributed by atoms with Gasteiger partial charge in [-0.25, -0.2) is 0 Å². The monoisotopic (exact) mass is 263 g/mol. The van der Waals surface area contributed by atoms with Gasteiger partial charge in [-0.1, -0.05) is 11.2 Å². The number of amidine groups is 1. The predicted molar refractivity (Wildman–Crippen MR) is 74.6 cm³/mol. The molecule has 1 aromatic rings. The molecule has 1 atom stereocenters. The number of oxime groups is 1. The molecule has 19 heavy (non-hydrogen) atoms. The van der Waals surface area contributed by atoms with E-state index in [-0.39, 0.29) is 5.84 Å². The van der Waals surface area contributed by atoms with Gasteiger partial charge in [0, 0.05) is 12.6 Å². The largest absolute Gasteiger partial charge is 0.496 e. The maximum absolute atomic E-state index is 8.74. The SMILES string of the molecule is COc1cc(CN2CCCC2C)ccc1/C(N)=N/O. The zero-order valence-electron chi connectivity index (χ0n) is 11.5. The van der Waals surface area contributed by atoms with Crippen LogP contribution in [0.25, 0.3) is 0 Å². The van der Waals surface area contributed by atoms with Crippen LogP contribution in [0.15, 0.2) is 23.4 Å². The Hall–Kier alpha value is -1.75. The first-order valence-corrected chi connectivity index (χ1v) is 6.54. The van der Waals surface area contributed by atoms with Crippen LogP contribution in [0.4, 0.5) is 0 Å². The average Bonchev–Trinajstić information content (AvgIpc) is 2.83. The highest BCUT2D eigenvalue weighted by molar-refractivity contribution is 5.99. The van der Waals surface area contributed by atoms with E-state index < -0.39 is 0 Å². The molecule has 0 amide bonds. The van der Waals surface area contributed by atoms with Gasteiger partial charge in [0.25, 0.3) is 0 Å². The minimum atomic E-state index is 0.0675. The second kappa shape index (κ2) is 5.93. The van der Waals surface area contributed by atoms with E-state index in [1.54, 1.807) is 7.11 Å². The Kier molecular flexibility index (Phi) is 4.27. The lowest BCUT2D eigenvalue weighted by atomic mass is 10.1. The van der Waals surface area contributed by atoms with Gasteiger partial charge in [-0.3, -0.25) is 4.90 Å². The van der Waals surface area contributed by atoms with E-state index in [4.69, 9.17) is 15.7 Å². The second-order valence-electron chi connectivity index (χ2n) is 4.98. The molecular formula is C14H21N3O2. The molecule has 104 valence electrons. The van der Waals surface area contributed by atoms with E-state index in [1.165, 1.54) is 18.4 Å². The van der Waals surface area contributed by atoms with Crippen LogP contribution in [0, 0.1) is 0 Å². The van der Waals surface area contributed by atoms with Crippen LogP contribution in [-0.4, -0.2) is 35.6 Å². The van der Waals surface area contributed by atoms with Gasteiger partial charge in [-0.05, 0) is 44.0 Å². The van der Waals surface area contributed by atoms with Crippen molar-refractivity contribution in [2.24, 2.45) is 10.9 Å². The number of nitrogens with zero attached hydrogens (tertiary/aromatic N) is 2. The van der Waals surface area contributed by atoms with Gasteiger partial charge in [-0.2, -0.15) is 0 Å². The molecule has 0 bridgehead atoms. The third-order valence-corrected chi connectivity index (χ3v) is 3.73. The standard InChI is InChI=1S/C14H21N3O2/c1-10-4-3-7-17(10)9-11-5-6-12(14(15)16-18)13(8-11)19-2/h5-6,8,10,18H,3-4,7,9H2,1-2H3,(H2,15,16). The lowest BCUT2D eigenvalue weighted by Gasteiger charge is -2.21. The van der Waals surface area contributed by atoms with E-state index in [2.05, 4.69) is 17.0 Å². The predicted octanol–water partition coefficient (Wildman–Crippen LogP) is 1.77. The first-order valence-electron chi connectivity index (χ1n) is 6.54. The summed E-state index contributed by atoms with van der Waals surface area (Å²) in [6.45, 7) is 4.31. The summed E-state index contributed by atoms with van der Waals surface area (Å²) < 4.78 is 5.31. The molecular weight excluding hydrogens is 242 g/mol. The molecule has 1 fully saturated rings. The second-order valence-corrected chi connectivity index (χ2v) is 4.98. The van der Waals surface area contributed by atoms with Gasteiger partial charge >= 0.3 is 0 Å². The quantitative estimate of drug-likeness (QED) is 0.376. The number of nitrogens with two attached hydrogens (primary N) is 1.